The zero-order chi connectivity index (χ0) is 15.5. The number of rotatable bonds is 5. The van der Waals surface area contributed by atoms with Gasteiger partial charge in [-0.1, -0.05) is 22.0 Å². The van der Waals surface area contributed by atoms with E-state index in [0.29, 0.717) is 10.0 Å². The van der Waals surface area contributed by atoms with Gasteiger partial charge in [0.05, 0.1) is 22.3 Å². The molecule has 0 aliphatic rings. The lowest BCUT2D eigenvalue weighted by atomic mass is 10.0. The minimum atomic E-state index is -2.73. The molecule has 0 bridgehead atoms. The first-order valence-corrected chi connectivity index (χ1v) is 7.96. The predicted molar refractivity (Wildman–Crippen MR) is 79.8 cm³/mol. The Balaban J connectivity index is 3.12. The summed E-state index contributed by atoms with van der Waals surface area (Å²) in [5, 5.41) is 9.30. The molecule has 0 fully saturated rings. The average Bonchev–Trinajstić information content (AvgIpc) is 2.34. The lowest BCUT2D eigenvalue weighted by Crippen LogP contribution is -2.38. The van der Waals surface area contributed by atoms with Gasteiger partial charge in [-0.05, 0) is 44.0 Å². The molecule has 1 aromatic carbocycles. The van der Waals surface area contributed by atoms with Crippen LogP contribution < -0.4 is 4.72 Å². The van der Waals surface area contributed by atoms with Crippen molar-refractivity contribution in [2.24, 2.45) is 0 Å². The van der Waals surface area contributed by atoms with Crippen molar-refractivity contribution >= 4 is 26.9 Å². The van der Waals surface area contributed by atoms with Crippen LogP contribution in [-0.2, 0) is 17.6 Å². The van der Waals surface area contributed by atoms with E-state index >= 15 is 0 Å². The number of alkyl halides is 2. The standard InChI is InChI=1S/C13H18BrF2NO2S/c1-13(2,3)20(19)17-11(12(15)16)10-5-4-9(14)6-8(10)7-18/h4-6,11-12,17-18H,7H2,1-3H3. The Morgan fingerprint density at radius 2 is 2.00 bits per heavy atom. The summed E-state index contributed by atoms with van der Waals surface area (Å²) in [6, 6.07) is 3.31. The number of hydrogen-bond acceptors (Lipinski definition) is 2. The summed E-state index contributed by atoms with van der Waals surface area (Å²) in [4.78, 5) is 0. The number of halogens is 3. The lowest BCUT2D eigenvalue weighted by Gasteiger charge is -2.25. The van der Waals surface area contributed by atoms with Crippen LogP contribution in [0, 0.1) is 0 Å². The SMILES string of the molecule is CC(C)(C)S(=O)NC(c1ccc(Br)cc1CO)C(F)F. The number of aliphatic hydroxyl groups excluding tert-OH is 1. The van der Waals surface area contributed by atoms with Gasteiger partial charge in [0.15, 0.2) is 0 Å². The molecular formula is C13H18BrF2NO2S. The fourth-order valence-corrected chi connectivity index (χ4v) is 2.78. The van der Waals surface area contributed by atoms with Gasteiger partial charge in [0.2, 0.25) is 0 Å². The molecule has 20 heavy (non-hydrogen) atoms. The average molecular weight is 370 g/mol. The Bertz CT molecular complexity index is 492. The Hall–Kier alpha value is -0.370. The van der Waals surface area contributed by atoms with Gasteiger partial charge in [-0.2, -0.15) is 0 Å². The fourth-order valence-electron chi connectivity index (χ4n) is 1.56. The molecule has 0 aromatic heterocycles. The van der Waals surface area contributed by atoms with Crippen LogP contribution in [0.5, 0.6) is 0 Å². The van der Waals surface area contributed by atoms with Crippen LogP contribution in [0.3, 0.4) is 0 Å². The third-order valence-corrected chi connectivity index (χ3v) is 4.73. The maximum Gasteiger partial charge on any atom is 0.258 e. The Morgan fingerprint density at radius 3 is 2.45 bits per heavy atom. The van der Waals surface area contributed by atoms with Crippen molar-refractivity contribution in [2.75, 3.05) is 0 Å². The van der Waals surface area contributed by atoms with Crippen molar-refractivity contribution in [3.8, 4) is 0 Å². The second-order valence-electron chi connectivity index (χ2n) is 5.31. The smallest absolute Gasteiger partial charge is 0.258 e. The molecule has 0 heterocycles. The number of hydrogen-bond donors (Lipinski definition) is 2. The van der Waals surface area contributed by atoms with E-state index in [2.05, 4.69) is 20.7 Å². The minimum absolute atomic E-state index is 0.253. The summed E-state index contributed by atoms with van der Waals surface area (Å²) in [5.41, 5.74) is 0.631. The molecule has 0 amide bonds. The van der Waals surface area contributed by atoms with Crippen LogP contribution in [0.4, 0.5) is 8.78 Å². The molecule has 0 saturated heterocycles. The zero-order valence-electron chi connectivity index (χ0n) is 11.5. The minimum Gasteiger partial charge on any atom is -0.392 e. The summed E-state index contributed by atoms with van der Waals surface area (Å²) < 4.78 is 41.0. The molecule has 1 aromatic rings. The van der Waals surface area contributed by atoms with Crippen molar-refractivity contribution in [2.45, 2.75) is 44.6 Å². The molecule has 3 nitrogen and oxygen atoms in total. The number of benzene rings is 1. The van der Waals surface area contributed by atoms with E-state index in [4.69, 9.17) is 0 Å². The van der Waals surface area contributed by atoms with Gasteiger partial charge in [-0.25, -0.2) is 17.7 Å². The van der Waals surface area contributed by atoms with Crippen LogP contribution in [0.15, 0.2) is 22.7 Å². The van der Waals surface area contributed by atoms with Crippen LogP contribution in [-0.4, -0.2) is 20.5 Å². The summed E-state index contributed by atoms with van der Waals surface area (Å²) in [6.07, 6.45) is -2.73. The third kappa shape index (κ3) is 4.58. The van der Waals surface area contributed by atoms with Crippen LogP contribution >= 0.6 is 15.9 Å². The molecule has 2 unspecified atom stereocenters. The van der Waals surface area contributed by atoms with Gasteiger partial charge >= 0.3 is 0 Å². The monoisotopic (exact) mass is 369 g/mol. The van der Waals surface area contributed by atoms with E-state index < -0.39 is 28.2 Å². The molecule has 0 aliphatic carbocycles. The molecule has 114 valence electrons. The van der Waals surface area contributed by atoms with Gasteiger partial charge in [0.1, 0.15) is 6.04 Å². The summed E-state index contributed by atoms with van der Waals surface area (Å²) >= 11 is 3.23. The highest BCUT2D eigenvalue weighted by molar-refractivity contribution is 9.10. The topological polar surface area (TPSA) is 49.3 Å². The van der Waals surface area contributed by atoms with Gasteiger partial charge in [0.25, 0.3) is 6.43 Å². The lowest BCUT2D eigenvalue weighted by molar-refractivity contribution is 0.108. The maximum absolute atomic E-state index is 13.3. The third-order valence-electron chi connectivity index (χ3n) is 2.65. The van der Waals surface area contributed by atoms with Crippen molar-refractivity contribution < 1.29 is 18.1 Å². The van der Waals surface area contributed by atoms with Crippen LogP contribution in [0.2, 0.25) is 0 Å². The largest absolute Gasteiger partial charge is 0.392 e. The molecule has 0 aliphatic heterocycles. The predicted octanol–water partition coefficient (Wildman–Crippen LogP) is 3.30. The first-order valence-electron chi connectivity index (χ1n) is 6.02. The molecule has 2 N–H and O–H groups in total. The van der Waals surface area contributed by atoms with Crippen LogP contribution in [0.1, 0.15) is 37.9 Å². The van der Waals surface area contributed by atoms with Gasteiger partial charge < -0.3 is 5.11 Å². The normalized spacial score (nSPS) is 15.4. The van der Waals surface area contributed by atoms with E-state index in [9.17, 15) is 18.1 Å². The summed E-state index contributed by atoms with van der Waals surface area (Å²) in [5.74, 6) is 0. The van der Waals surface area contributed by atoms with E-state index in [-0.39, 0.29) is 12.2 Å². The maximum atomic E-state index is 13.3. The second-order valence-corrected chi connectivity index (χ2v) is 8.23. The van der Waals surface area contributed by atoms with E-state index in [1.54, 1.807) is 32.9 Å². The van der Waals surface area contributed by atoms with Crippen LogP contribution in [0.25, 0.3) is 0 Å². The van der Waals surface area contributed by atoms with Gasteiger partial charge in [-0.3, -0.25) is 0 Å². The molecule has 0 radical (unpaired) electrons. The van der Waals surface area contributed by atoms with Gasteiger partial charge in [0, 0.05) is 4.47 Å². The summed E-state index contributed by atoms with van der Waals surface area (Å²) in [6.45, 7) is 4.75. The molecule has 7 heteroatoms. The van der Waals surface area contributed by atoms with Gasteiger partial charge in [-0.15, -0.1) is 0 Å². The first-order chi connectivity index (χ1) is 9.16. The van der Waals surface area contributed by atoms with Crippen molar-refractivity contribution in [1.29, 1.82) is 0 Å². The van der Waals surface area contributed by atoms with Crippen molar-refractivity contribution in [3.63, 3.8) is 0 Å². The number of aliphatic hydroxyl groups is 1. The second kappa shape index (κ2) is 7.06. The highest BCUT2D eigenvalue weighted by atomic mass is 79.9. The molecule has 0 spiro atoms. The number of nitrogens with one attached hydrogen (secondary N) is 1. The Kier molecular flexibility index (Phi) is 6.25. The van der Waals surface area contributed by atoms with E-state index in [1.807, 2.05) is 0 Å². The molecule has 2 atom stereocenters. The first kappa shape index (κ1) is 17.7. The molecule has 1 rings (SSSR count). The fraction of sp³-hybridized carbons (Fsp3) is 0.538. The highest BCUT2D eigenvalue weighted by Gasteiger charge is 2.30. The van der Waals surface area contributed by atoms with E-state index in [1.165, 1.54) is 6.07 Å². The van der Waals surface area contributed by atoms with Crippen molar-refractivity contribution in [3.05, 3.63) is 33.8 Å². The quantitative estimate of drug-likeness (QED) is 0.836. The Labute approximate surface area is 128 Å². The summed E-state index contributed by atoms with van der Waals surface area (Å²) in [7, 11) is -1.63. The van der Waals surface area contributed by atoms with Crippen molar-refractivity contribution in [1.82, 2.24) is 4.72 Å². The zero-order valence-corrected chi connectivity index (χ0v) is 13.9. The highest BCUT2D eigenvalue weighted by Crippen LogP contribution is 2.28. The molecule has 0 saturated carbocycles. The molecular weight excluding hydrogens is 352 g/mol. The Morgan fingerprint density at radius 1 is 1.40 bits per heavy atom. The van der Waals surface area contributed by atoms with E-state index in [0.717, 1.165) is 0 Å².